The van der Waals surface area contributed by atoms with Gasteiger partial charge in [0.1, 0.15) is 0 Å². The van der Waals surface area contributed by atoms with Crippen LogP contribution in [0.2, 0.25) is 0 Å². The van der Waals surface area contributed by atoms with E-state index in [1.807, 2.05) is 6.92 Å². The third-order valence-corrected chi connectivity index (χ3v) is 3.36. The van der Waals surface area contributed by atoms with Crippen molar-refractivity contribution in [1.82, 2.24) is 4.90 Å². The van der Waals surface area contributed by atoms with Gasteiger partial charge in [0, 0.05) is 6.42 Å². The lowest BCUT2D eigenvalue weighted by molar-refractivity contribution is -0.143. The van der Waals surface area contributed by atoms with Gasteiger partial charge in [-0.25, -0.2) is 0 Å². The van der Waals surface area contributed by atoms with Gasteiger partial charge in [-0.1, -0.05) is 19.3 Å². The Morgan fingerprint density at radius 1 is 1.06 bits per heavy atom. The summed E-state index contributed by atoms with van der Waals surface area (Å²) in [5.74, 6) is -0.0384. The number of carbonyl (C=O) groups is 1. The van der Waals surface area contributed by atoms with E-state index in [4.69, 9.17) is 4.74 Å². The molecule has 100 valence electrons. The van der Waals surface area contributed by atoms with Gasteiger partial charge in [-0.2, -0.15) is 0 Å². The van der Waals surface area contributed by atoms with E-state index in [-0.39, 0.29) is 5.97 Å². The second kappa shape index (κ2) is 9.46. The summed E-state index contributed by atoms with van der Waals surface area (Å²) in [7, 11) is 0. The molecular weight excluding hydrogens is 214 g/mol. The van der Waals surface area contributed by atoms with E-state index >= 15 is 0 Å². The van der Waals surface area contributed by atoms with Crippen LogP contribution in [-0.2, 0) is 9.53 Å². The Bertz CT molecular complexity index is 200. The van der Waals surface area contributed by atoms with Crippen molar-refractivity contribution >= 4 is 5.97 Å². The Labute approximate surface area is 106 Å². The maximum Gasteiger partial charge on any atom is 0.305 e. The van der Waals surface area contributed by atoms with Crippen molar-refractivity contribution in [1.29, 1.82) is 0 Å². The van der Waals surface area contributed by atoms with Crippen LogP contribution >= 0.6 is 0 Å². The summed E-state index contributed by atoms with van der Waals surface area (Å²) in [5, 5.41) is 0. The molecule has 1 fully saturated rings. The van der Waals surface area contributed by atoms with Crippen LogP contribution in [0.1, 0.15) is 58.3 Å². The zero-order valence-electron chi connectivity index (χ0n) is 11.2. The smallest absolute Gasteiger partial charge is 0.305 e. The number of unbranched alkanes of at least 4 members (excludes halogenated alkanes) is 3. The van der Waals surface area contributed by atoms with Gasteiger partial charge in [-0.05, 0) is 52.2 Å². The predicted octanol–water partition coefficient (Wildman–Crippen LogP) is 2.99. The van der Waals surface area contributed by atoms with Crippen LogP contribution in [0, 0.1) is 0 Å². The lowest BCUT2D eigenvalue weighted by atomic mass is 10.1. The zero-order chi connectivity index (χ0) is 12.3. The second-order valence-corrected chi connectivity index (χ2v) is 4.87. The van der Waals surface area contributed by atoms with Gasteiger partial charge in [0.05, 0.1) is 6.61 Å². The first-order valence-electron chi connectivity index (χ1n) is 7.21. The van der Waals surface area contributed by atoms with Gasteiger partial charge >= 0.3 is 5.97 Å². The predicted molar refractivity (Wildman–Crippen MR) is 70.0 cm³/mol. The van der Waals surface area contributed by atoms with Crippen LogP contribution in [0.5, 0.6) is 0 Å². The van der Waals surface area contributed by atoms with Crippen molar-refractivity contribution in [3.63, 3.8) is 0 Å². The molecule has 0 aromatic carbocycles. The van der Waals surface area contributed by atoms with Crippen molar-refractivity contribution < 1.29 is 9.53 Å². The van der Waals surface area contributed by atoms with Crippen molar-refractivity contribution in [2.45, 2.75) is 58.3 Å². The number of carbonyl (C=O) groups excluding carboxylic acids is 1. The normalized spacial score (nSPS) is 17.0. The van der Waals surface area contributed by atoms with E-state index in [0.29, 0.717) is 13.0 Å². The average molecular weight is 241 g/mol. The van der Waals surface area contributed by atoms with E-state index in [2.05, 4.69) is 4.90 Å². The van der Waals surface area contributed by atoms with E-state index in [1.165, 1.54) is 51.7 Å². The van der Waals surface area contributed by atoms with Crippen LogP contribution < -0.4 is 0 Å². The topological polar surface area (TPSA) is 29.5 Å². The van der Waals surface area contributed by atoms with Crippen LogP contribution in [0.4, 0.5) is 0 Å². The molecular formula is C14H27NO2. The highest BCUT2D eigenvalue weighted by Crippen LogP contribution is 2.11. The molecule has 3 heteroatoms. The average Bonchev–Trinajstić information content (AvgIpc) is 2.35. The van der Waals surface area contributed by atoms with E-state index < -0.39 is 0 Å². The summed E-state index contributed by atoms with van der Waals surface area (Å²) in [6.45, 7) is 6.20. The monoisotopic (exact) mass is 241 g/mol. The third-order valence-electron chi connectivity index (χ3n) is 3.36. The number of ether oxygens (including phenoxy) is 1. The number of likely N-dealkylation sites (tertiary alicyclic amines) is 1. The molecule has 1 rings (SSSR count). The van der Waals surface area contributed by atoms with Crippen molar-refractivity contribution in [2.75, 3.05) is 26.2 Å². The molecule has 1 heterocycles. The molecule has 1 aliphatic rings. The van der Waals surface area contributed by atoms with Crippen LogP contribution in [-0.4, -0.2) is 37.1 Å². The zero-order valence-corrected chi connectivity index (χ0v) is 11.2. The summed E-state index contributed by atoms with van der Waals surface area (Å²) in [6.07, 6.45) is 9.43. The van der Waals surface area contributed by atoms with Gasteiger partial charge < -0.3 is 9.64 Å². The molecule has 0 N–H and O–H groups in total. The molecule has 0 atom stereocenters. The maximum atomic E-state index is 11.1. The summed E-state index contributed by atoms with van der Waals surface area (Å²) in [4.78, 5) is 13.7. The number of esters is 1. The first-order valence-corrected chi connectivity index (χ1v) is 7.21. The van der Waals surface area contributed by atoms with Crippen LogP contribution in [0.25, 0.3) is 0 Å². The van der Waals surface area contributed by atoms with Crippen LogP contribution in [0.3, 0.4) is 0 Å². The molecule has 0 saturated carbocycles. The minimum absolute atomic E-state index is 0.0384. The fourth-order valence-electron chi connectivity index (χ4n) is 2.37. The van der Waals surface area contributed by atoms with Gasteiger partial charge in [0.25, 0.3) is 0 Å². The quantitative estimate of drug-likeness (QED) is 0.483. The highest BCUT2D eigenvalue weighted by Gasteiger charge is 2.08. The number of nitrogens with zero attached hydrogens (tertiary/aromatic N) is 1. The molecule has 0 amide bonds. The Morgan fingerprint density at radius 3 is 2.47 bits per heavy atom. The summed E-state index contributed by atoms with van der Waals surface area (Å²) >= 11 is 0. The summed E-state index contributed by atoms with van der Waals surface area (Å²) in [6, 6.07) is 0. The number of hydrogen-bond donors (Lipinski definition) is 0. The Morgan fingerprint density at radius 2 is 1.76 bits per heavy atom. The van der Waals surface area contributed by atoms with Crippen LogP contribution in [0.15, 0.2) is 0 Å². The molecule has 3 nitrogen and oxygen atoms in total. The largest absolute Gasteiger partial charge is 0.466 e. The Hall–Kier alpha value is -0.570. The van der Waals surface area contributed by atoms with Crippen molar-refractivity contribution in [3.05, 3.63) is 0 Å². The molecule has 0 aliphatic carbocycles. The van der Waals surface area contributed by atoms with Gasteiger partial charge in [-0.3, -0.25) is 4.79 Å². The lowest BCUT2D eigenvalue weighted by Gasteiger charge is -2.26. The standard InChI is InChI=1S/C14H27NO2/c1-2-17-14(16)10-6-3-4-7-11-15-12-8-5-9-13-15/h2-13H2,1H3. The maximum absolute atomic E-state index is 11.1. The number of rotatable bonds is 8. The minimum Gasteiger partial charge on any atom is -0.466 e. The summed E-state index contributed by atoms with van der Waals surface area (Å²) < 4.78 is 4.90. The highest BCUT2D eigenvalue weighted by molar-refractivity contribution is 5.69. The van der Waals surface area contributed by atoms with E-state index in [1.54, 1.807) is 0 Å². The molecule has 17 heavy (non-hydrogen) atoms. The first kappa shape index (κ1) is 14.5. The fourth-order valence-corrected chi connectivity index (χ4v) is 2.37. The Kier molecular flexibility index (Phi) is 8.06. The lowest BCUT2D eigenvalue weighted by Crippen LogP contribution is -2.30. The second-order valence-electron chi connectivity index (χ2n) is 4.87. The minimum atomic E-state index is -0.0384. The Balaban J connectivity index is 1.85. The van der Waals surface area contributed by atoms with Gasteiger partial charge in [-0.15, -0.1) is 0 Å². The number of hydrogen-bond acceptors (Lipinski definition) is 3. The van der Waals surface area contributed by atoms with E-state index in [9.17, 15) is 4.79 Å². The highest BCUT2D eigenvalue weighted by atomic mass is 16.5. The molecule has 1 aliphatic heterocycles. The molecule has 0 unspecified atom stereocenters. The van der Waals surface area contributed by atoms with E-state index in [0.717, 1.165) is 12.8 Å². The van der Waals surface area contributed by atoms with Crippen molar-refractivity contribution in [2.24, 2.45) is 0 Å². The van der Waals surface area contributed by atoms with Crippen molar-refractivity contribution in [3.8, 4) is 0 Å². The molecule has 0 aromatic rings. The fraction of sp³-hybridized carbons (Fsp3) is 0.929. The number of piperidine rings is 1. The van der Waals surface area contributed by atoms with Gasteiger partial charge in [0.15, 0.2) is 0 Å². The molecule has 0 bridgehead atoms. The molecule has 0 radical (unpaired) electrons. The third kappa shape index (κ3) is 7.37. The molecule has 0 aromatic heterocycles. The first-order chi connectivity index (χ1) is 8.33. The molecule has 0 spiro atoms. The summed E-state index contributed by atoms with van der Waals surface area (Å²) in [5.41, 5.74) is 0. The SMILES string of the molecule is CCOC(=O)CCCCCCN1CCCCC1. The van der Waals surface area contributed by atoms with Gasteiger partial charge in [0.2, 0.25) is 0 Å². The molecule has 1 saturated heterocycles.